The maximum absolute atomic E-state index is 4.16. The predicted molar refractivity (Wildman–Crippen MR) is 50.2 cm³/mol. The van der Waals surface area contributed by atoms with Gasteiger partial charge in [0.1, 0.15) is 0 Å². The lowest BCUT2D eigenvalue weighted by molar-refractivity contribution is 0.453. The second-order valence-electron chi connectivity index (χ2n) is 3.95. The maximum Gasteiger partial charge on any atom is 0.0302 e. The lowest BCUT2D eigenvalue weighted by Crippen LogP contribution is -2.16. The maximum atomic E-state index is 4.16. The number of aryl methyl sites for hydroxylation is 1. The Balaban J connectivity index is 2.49. The molecule has 12 heavy (non-hydrogen) atoms. The van der Waals surface area contributed by atoms with E-state index >= 15 is 0 Å². The highest BCUT2D eigenvalue weighted by atomic mass is 14.6. The fourth-order valence-corrected chi connectivity index (χ4v) is 2.13. The van der Waals surface area contributed by atoms with Crippen LogP contribution in [0.15, 0.2) is 18.5 Å². The van der Waals surface area contributed by atoms with Crippen LogP contribution >= 0.6 is 0 Å². The van der Waals surface area contributed by atoms with Crippen molar-refractivity contribution in [1.29, 1.82) is 0 Å². The Hall–Kier alpha value is -0.850. The Morgan fingerprint density at radius 3 is 3.17 bits per heavy atom. The average Bonchev–Trinajstić information content (AvgIpc) is 2.46. The molecule has 0 radical (unpaired) electrons. The van der Waals surface area contributed by atoms with Crippen LogP contribution in [0.2, 0.25) is 0 Å². The molecule has 0 amide bonds. The van der Waals surface area contributed by atoms with Gasteiger partial charge in [-0.15, -0.1) is 0 Å². The van der Waals surface area contributed by atoms with Crippen molar-refractivity contribution in [3.8, 4) is 0 Å². The van der Waals surface area contributed by atoms with Crippen molar-refractivity contribution in [3.63, 3.8) is 0 Å². The monoisotopic (exact) mass is 161 g/mol. The highest BCUT2D eigenvalue weighted by Crippen LogP contribution is 2.40. The minimum atomic E-state index is 0.429. The molecule has 0 saturated heterocycles. The van der Waals surface area contributed by atoms with E-state index in [1.54, 1.807) is 0 Å². The lowest BCUT2D eigenvalue weighted by Gasteiger charge is -2.22. The first-order valence-corrected chi connectivity index (χ1v) is 4.69. The molecule has 0 spiro atoms. The summed E-state index contributed by atoms with van der Waals surface area (Å²) in [4.78, 5) is 4.16. The summed E-state index contributed by atoms with van der Waals surface area (Å²) in [6.07, 6.45) is 7.69. The zero-order valence-corrected chi connectivity index (χ0v) is 7.80. The van der Waals surface area contributed by atoms with Crippen LogP contribution in [0.4, 0.5) is 0 Å². The first kappa shape index (κ1) is 7.78. The summed E-state index contributed by atoms with van der Waals surface area (Å²) in [6.45, 7) is 4.63. The Labute approximate surface area is 73.8 Å². The Kier molecular flexibility index (Phi) is 1.67. The average molecular weight is 161 g/mol. The third-order valence-electron chi connectivity index (χ3n) is 3.28. The number of hydrogen-bond acceptors (Lipinski definition) is 1. The van der Waals surface area contributed by atoms with Gasteiger partial charge >= 0.3 is 0 Å². The predicted octanol–water partition coefficient (Wildman–Crippen LogP) is 2.70. The SMILES string of the molecule is CCC1(C)CCc2cnccc21. The van der Waals surface area contributed by atoms with Crippen LogP contribution in [-0.4, -0.2) is 4.98 Å². The van der Waals surface area contributed by atoms with E-state index in [-0.39, 0.29) is 0 Å². The van der Waals surface area contributed by atoms with Crippen molar-refractivity contribution in [1.82, 2.24) is 4.98 Å². The van der Waals surface area contributed by atoms with Gasteiger partial charge in [-0.3, -0.25) is 4.98 Å². The van der Waals surface area contributed by atoms with Crippen LogP contribution in [0.1, 0.15) is 37.8 Å². The summed E-state index contributed by atoms with van der Waals surface area (Å²) in [5.41, 5.74) is 3.42. The fourth-order valence-electron chi connectivity index (χ4n) is 2.13. The third kappa shape index (κ3) is 0.961. The number of aromatic nitrogens is 1. The van der Waals surface area contributed by atoms with Gasteiger partial charge < -0.3 is 0 Å². The molecule has 0 saturated carbocycles. The molecule has 0 bridgehead atoms. The number of nitrogens with zero attached hydrogens (tertiary/aromatic N) is 1. The molecule has 0 fully saturated rings. The molecular formula is C11H15N. The summed E-state index contributed by atoms with van der Waals surface area (Å²) in [6, 6.07) is 2.19. The molecule has 1 unspecified atom stereocenters. The molecule has 2 rings (SSSR count). The summed E-state index contributed by atoms with van der Waals surface area (Å²) in [5.74, 6) is 0. The zero-order valence-electron chi connectivity index (χ0n) is 7.80. The van der Waals surface area contributed by atoms with Gasteiger partial charge in [0.25, 0.3) is 0 Å². The van der Waals surface area contributed by atoms with Crippen LogP contribution in [-0.2, 0) is 11.8 Å². The summed E-state index contributed by atoms with van der Waals surface area (Å²) in [5, 5.41) is 0. The molecule has 0 N–H and O–H groups in total. The molecule has 1 heteroatoms. The normalized spacial score (nSPS) is 27.2. The van der Waals surface area contributed by atoms with Gasteiger partial charge in [-0.1, -0.05) is 13.8 Å². The van der Waals surface area contributed by atoms with Crippen LogP contribution in [0.3, 0.4) is 0 Å². The molecule has 1 atom stereocenters. The molecule has 0 aromatic carbocycles. The minimum Gasteiger partial charge on any atom is -0.264 e. The second-order valence-corrected chi connectivity index (χ2v) is 3.95. The minimum absolute atomic E-state index is 0.429. The molecule has 1 aliphatic carbocycles. The molecule has 0 aliphatic heterocycles. The van der Waals surface area contributed by atoms with E-state index in [4.69, 9.17) is 0 Å². The smallest absolute Gasteiger partial charge is 0.0302 e. The molecule has 1 aromatic rings. The molecule has 1 aromatic heterocycles. The van der Waals surface area contributed by atoms with E-state index in [1.807, 2.05) is 12.4 Å². The highest BCUT2D eigenvalue weighted by molar-refractivity contribution is 5.36. The van der Waals surface area contributed by atoms with Gasteiger partial charge in [0.2, 0.25) is 0 Å². The molecular weight excluding hydrogens is 146 g/mol. The molecule has 1 nitrogen and oxygen atoms in total. The summed E-state index contributed by atoms with van der Waals surface area (Å²) < 4.78 is 0. The van der Waals surface area contributed by atoms with Crippen molar-refractivity contribution < 1.29 is 0 Å². The van der Waals surface area contributed by atoms with Gasteiger partial charge in [0.15, 0.2) is 0 Å². The molecule has 64 valence electrons. The van der Waals surface area contributed by atoms with Gasteiger partial charge in [-0.2, -0.15) is 0 Å². The summed E-state index contributed by atoms with van der Waals surface area (Å²) in [7, 11) is 0. The van der Waals surface area contributed by atoms with Crippen molar-refractivity contribution in [2.24, 2.45) is 0 Å². The quantitative estimate of drug-likeness (QED) is 0.617. The first-order chi connectivity index (χ1) is 5.76. The van der Waals surface area contributed by atoms with E-state index in [2.05, 4.69) is 24.9 Å². The van der Waals surface area contributed by atoms with Crippen molar-refractivity contribution >= 4 is 0 Å². The Morgan fingerprint density at radius 1 is 1.58 bits per heavy atom. The van der Waals surface area contributed by atoms with Gasteiger partial charge in [-0.05, 0) is 41.9 Å². The largest absolute Gasteiger partial charge is 0.264 e. The molecule has 1 heterocycles. The third-order valence-corrected chi connectivity index (χ3v) is 3.28. The lowest BCUT2D eigenvalue weighted by atomic mass is 9.82. The van der Waals surface area contributed by atoms with Crippen molar-refractivity contribution in [2.75, 3.05) is 0 Å². The molecule has 1 aliphatic rings. The number of pyridine rings is 1. The van der Waals surface area contributed by atoms with Crippen LogP contribution < -0.4 is 0 Å². The second kappa shape index (κ2) is 2.58. The van der Waals surface area contributed by atoms with Crippen LogP contribution in [0, 0.1) is 0 Å². The van der Waals surface area contributed by atoms with E-state index in [0.717, 1.165) is 0 Å². The number of fused-ring (bicyclic) bond motifs is 1. The Bertz CT molecular complexity index is 293. The van der Waals surface area contributed by atoms with E-state index in [1.165, 1.54) is 30.4 Å². The topological polar surface area (TPSA) is 12.9 Å². The van der Waals surface area contributed by atoms with Crippen LogP contribution in [0.25, 0.3) is 0 Å². The van der Waals surface area contributed by atoms with E-state index < -0.39 is 0 Å². The number of hydrogen-bond donors (Lipinski definition) is 0. The zero-order chi connectivity index (χ0) is 8.60. The number of rotatable bonds is 1. The fraction of sp³-hybridized carbons (Fsp3) is 0.545. The highest BCUT2D eigenvalue weighted by Gasteiger charge is 2.32. The van der Waals surface area contributed by atoms with Crippen molar-refractivity contribution in [3.05, 3.63) is 29.6 Å². The first-order valence-electron chi connectivity index (χ1n) is 4.69. The standard InChI is InChI=1S/C11H15N/c1-3-11(2)6-4-9-8-12-7-5-10(9)11/h5,7-8H,3-4,6H2,1-2H3. The van der Waals surface area contributed by atoms with Gasteiger partial charge in [0, 0.05) is 12.4 Å². The summed E-state index contributed by atoms with van der Waals surface area (Å²) >= 11 is 0. The van der Waals surface area contributed by atoms with Crippen LogP contribution in [0.5, 0.6) is 0 Å². The van der Waals surface area contributed by atoms with E-state index in [0.29, 0.717) is 5.41 Å². The van der Waals surface area contributed by atoms with Gasteiger partial charge in [-0.25, -0.2) is 0 Å². The van der Waals surface area contributed by atoms with E-state index in [9.17, 15) is 0 Å². The van der Waals surface area contributed by atoms with Gasteiger partial charge in [0.05, 0.1) is 0 Å². The Morgan fingerprint density at radius 2 is 2.42 bits per heavy atom. The van der Waals surface area contributed by atoms with Crippen molar-refractivity contribution in [2.45, 2.75) is 38.5 Å².